The first-order chi connectivity index (χ1) is 14.9. The molecule has 5 nitrogen and oxygen atoms in total. The molecular formula is C24H17ClN2O3S. The van der Waals surface area contributed by atoms with Gasteiger partial charge in [-0.25, -0.2) is 9.78 Å². The van der Waals surface area contributed by atoms with Gasteiger partial charge in [0, 0.05) is 11.6 Å². The van der Waals surface area contributed by atoms with Gasteiger partial charge in [-0.05, 0) is 56.3 Å². The van der Waals surface area contributed by atoms with Crippen molar-refractivity contribution in [2.24, 2.45) is 0 Å². The van der Waals surface area contributed by atoms with E-state index in [1.807, 2.05) is 24.3 Å². The predicted molar refractivity (Wildman–Crippen MR) is 123 cm³/mol. The SMILES string of the molecule is CC(C)OC(=O)c1cc(-c2ccc(C=C(C#N)c3nc4ccccc4s3)o2)ccc1Cl. The zero-order valence-electron chi connectivity index (χ0n) is 16.8. The van der Waals surface area contributed by atoms with E-state index in [0.29, 0.717) is 32.7 Å². The third kappa shape index (κ3) is 4.53. The first-order valence-corrected chi connectivity index (χ1v) is 10.7. The molecule has 0 radical (unpaired) electrons. The minimum atomic E-state index is -0.490. The zero-order chi connectivity index (χ0) is 22.0. The number of nitriles is 1. The number of rotatable bonds is 5. The van der Waals surface area contributed by atoms with Gasteiger partial charge in [-0.3, -0.25) is 0 Å². The summed E-state index contributed by atoms with van der Waals surface area (Å²) in [6.45, 7) is 3.55. The molecule has 2 heterocycles. The van der Waals surface area contributed by atoms with E-state index in [9.17, 15) is 10.1 Å². The van der Waals surface area contributed by atoms with Crippen molar-refractivity contribution < 1.29 is 13.9 Å². The molecule has 0 atom stereocenters. The lowest BCUT2D eigenvalue weighted by molar-refractivity contribution is 0.0378. The van der Waals surface area contributed by atoms with Crippen LogP contribution in [0.15, 0.2) is 59.0 Å². The van der Waals surface area contributed by atoms with Crippen molar-refractivity contribution in [2.45, 2.75) is 20.0 Å². The van der Waals surface area contributed by atoms with Crippen molar-refractivity contribution in [2.75, 3.05) is 0 Å². The van der Waals surface area contributed by atoms with Gasteiger partial charge in [0.25, 0.3) is 0 Å². The number of halogens is 1. The van der Waals surface area contributed by atoms with Crippen LogP contribution in [0.4, 0.5) is 0 Å². The molecule has 0 aliphatic heterocycles. The molecule has 0 aliphatic rings. The van der Waals surface area contributed by atoms with Gasteiger partial charge in [0.2, 0.25) is 0 Å². The third-order valence-electron chi connectivity index (χ3n) is 4.37. The number of allylic oxidation sites excluding steroid dienone is 1. The van der Waals surface area contributed by atoms with Crippen LogP contribution in [0.3, 0.4) is 0 Å². The Bertz CT molecular complexity index is 1310. The molecule has 0 saturated carbocycles. The number of thiazole rings is 1. The van der Waals surface area contributed by atoms with Crippen molar-refractivity contribution in [1.82, 2.24) is 4.98 Å². The van der Waals surface area contributed by atoms with Crippen LogP contribution in [0.5, 0.6) is 0 Å². The molecule has 2 aromatic carbocycles. The van der Waals surface area contributed by atoms with E-state index in [-0.39, 0.29) is 11.7 Å². The maximum Gasteiger partial charge on any atom is 0.339 e. The number of furan rings is 1. The molecule has 0 fully saturated rings. The Morgan fingerprint density at radius 1 is 1.23 bits per heavy atom. The Balaban J connectivity index is 1.64. The van der Waals surface area contributed by atoms with E-state index in [2.05, 4.69) is 11.1 Å². The van der Waals surface area contributed by atoms with Crippen LogP contribution < -0.4 is 0 Å². The Kier molecular flexibility index (Phi) is 5.90. The second-order valence-electron chi connectivity index (χ2n) is 7.01. The van der Waals surface area contributed by atoms with Gasteiger partial charge in [0.1, 0.15) is 22.6 Å². The summed E-state index contributed by atoms with van der Waals surface area (Å²) in [5.41, 5.74) is 2.22. The highest BCUT2D eigenvalue weighted by Crippen LogP contribution is 2.31. The number of aromatic nitrogens is 1. The van der Waals surface area contributed by atoms with Crippen LogP contribution in [0.2, 0.25) is 5.02 Å². The average molecular weight is 449 g/mol. The first kappa shape index (κ1) is 20.9. The smallest absolute Gasteiger partial charge is 0.339 e. The fourth-order valence-corrected chi connectivity index (χ4v) is 4.10. The van der Waals surface area contributed by atoms with Crippen molar-refractivity contribution in [3.8, 4) is 17.4 Å². The van der Waals surface area contributed by atoms with Crippen molar-refractivity contribution in [3.63, 3.8) is 0 Å². The average Bonchev–Trinajstić information content (AvgIpc) is 3.38. The topological polar surface area (TPSA) is 76.1 Å². The van der Waals surface area contributed by atoms with Crippen LogP contribution in [0.25, 0.3) is 33.2 Å². The van der Waals surface area contributed by atoms with E-state index < -0.39 is 5.97 Å². The largest absolute Gasteiger partial charge is 0.459 e. The van der Waals surface area contributed by atoms with Gasteiger partial charge in [-0.15, -0.1) is 11.3 Å². The summed E-state index contributed by atoms with van der Waals surface area (Å²) < 4.78 is 12.2. The summed E-state index contributed by atoms with van der Waals surface area (Å²) in [4.78, 5) is 16.8. The van der Waals surface area contributed by atoms with Crippen LogP contribution in [0, 0.1) is 11.3 Å². The van der Waals surface area contributed by atoms with Crippen LogP contribution in [-0.2, 0) is 4.74 Å². The number of esters is 1. The maximum atomic E-state index is 12.3. The lowest BCUT2D eigenvalue weighted by atomic mass is 10.1. The summed E-state index contributed by atoms with van der Waals surface area (Å²) in [6.07, 6.45) is 1.41. The van der Waals surface area contributed by atoms with Crippen LogP contribution in [-0.4, -0.2) is 17.1 Å². The molecule has 4 aromatic rings. The maximum absolute atomic E-state index is 12.3. The molecule has 0 N–H and O–H groups in total. The summed E-state index contributed by atoms with van der Waals surface area (Å²) >= 11 is 7.63. The third-order valence-corrected chi connectivity index (χ3v) is 5.77. The highest BCUT2D eigenvalue weighted by molar-refractivity contribution is 7.19. The van der Waals surface area contributed by atoms with E-state index in [1.165, 1.54) is 11.3 Å². The molecule has 4 rings (SSSR count). The highest BCUT2D eigenvalue weighted by Gasteiger charge is 2.16. The number of fused-ring (bicyclic) bond motifs is 1. The molecule has 154 valence electrons. The molecule has 0 unspecified atom stereocenters. The summed E-state index contributed by atoms with van der Waals surface area (Å²) in [5, 5.41) is 10.6. The molecule has 0 spiro atoms. The molecule has 7 heteroatoms. The van der Waals surface area contributed by atoms with Gasteiger partial charge in [-0.2, -0.15) is 5.26 Å². The Labute approximate surface area is 188 Å². The summed E-state index contributed by atoms with van der Waals surface area (Å²) in [5.74, 6) is 0.561. The lowest BCUT2D eigenvalue weighted by Crippen LogP contribution is -2.12. The van der Waals surface area contributed by atoms with E-state index in [4.69, 9.17) is 20.8 Å². The van der Waals surface area contributed by atoms with Gasteiger partial charge in [0.05, 0.1) is 32.5 Å². The summed E-state index contributed by atoms with van der Waals surface area (Å²) in [7, 11) is 0. The molecule has 31 heavy (non-hydrogen) atoms. The second kappa shape index (κ2) is 8.76. The number of benzene rings is 2. The number of ether oxygens (including phenoxy) is 1. The Morgan fingerprint density at radius 3 is 2.77 bits per heavy atom. The number of para-hydroxylation sites is 1. The molecule has 0 bridgehead atoms. The van der Waals surface area contributed by atoms with E-state index in [1.54, 1.807) is 50.3 Å². The standard InChI is InChI=1S/C24H17ClN2O3S/c1-14(2)29-24(28)18-12-15(7-9-19(18)25)21-10-8-17(30-21)11-16(13-26)23-27-20-5-3-4-6-22(20)31-23/h3-12,14H,1-2H3. The monoisotopic (exact) mass is 448 g/mol. The minimum Gasteiger partial charge on any atom is -0.459 e. The van der Waals surface area contributed by atoms with Crippen LogP contribution >= 0.6 is 22.9 Å². The molecule has 0 aliphatic carbocycles. The van der Waals surface area contributed by atoms with Gasteiger partial charge in [0.15, 0.2) is 0 Å². The first-order valence-electron chi connectivity index (χ1n) is 9.53. The number of carbonyl (C=O) groups is 1. The summed E-state index contributed by atoms with van der Waals surface area (Å²) in [6, 6.07) is 18.5. The van der Waals surface area contributed by atoms with Gasteiger partial charge in [-0.1, -0.05) is 23.7 Å². The Morgan fingerprint density at radius 2 is 2.03 bits per heavy atom. The van der Waals surface area contributed by atoms with Crippen molar-refractivity contribution >= 4 is 50.8 Å². The molecule has 0 amide bonds. The fraction of sp³-hybridized carbons (Fsp3) is 0.125. The predicted octanol–water partition coefficient (Wildman–Crippen LogP) is 6.84. The van der Waals surface area contributed by atoms with Crippen molar-refractivity contribution in [1.29, 1.82) is 5.26 Å². The van der Waals surface area contributed by atoms with E-state index in [0.717, 1.165) is 10.2 Å². The van der Waals surface area contributed by atoms with Crippen LogP contribution in [0.1, 0.15) is 35.0 Å². The quantitative estimate of drug-likeness (QED) is 0.247. The molecule has 2 aromatic heterocycles. The van der Waals surface area contributed by atoms with Crippen molar-refractivity contribution in [3.05, 3.63) is 76.0 Å². The molecular weight excluding hydrogens is 432 g/mol. The van der Waals surface area contributed by atoms with Gasteiger partial charge >= 0.3 is 5.97 Å². The number of carbonyl (C=O) groups excluding carboxylic acids is 1. The number of hydrogen-bond acceptors (Lipinski definition) is 6. The lowest BCUT2D eigenvalue weighted by Gasteiger charge is -2.10. The molecule has 0 saturated heterocycles. The normalized spacial score (nSPS) is 11.6. The van der Waals surface area contributed by atoms with Gasteiger partial charge < -0.3 is 9.15 Å². The fourth-order valence-electron chi connectivity index (χ4n) is 2.97. The number of hydrogen-bond donors (Lipinski definition) is 0. The Hall–Kier alpha value is -3.40. The highest BCUT2D eigenvalue weighted by atomic mass is 35.5. The second-order valence-corrected chi connectivity index (χ2v) is 8.45. The minimum absolute atomic E-state index is 0.250. The van der Waals surface area contributed by atoms with E-state index >= 15 is 0 Å². The zero-order valence-corrected chi connectivity index (χ0v) is 18.3. The number of nitrogens with zero attached hydrogens (tertiary/aromatic N) is 2.